The molecule has 1 amide bonds. The van der Waals surface area contributed by atoms with Crippen molar-refractivity contribution < 1.29 is 13.9 Å². The van der Waals surface area contributed by atoms with E-state index in [1.165, 1.54) is 11.0 Å². The molecule has 2 N–H and O–H groups in total. The Labute approximate surface area is 189 Å². The lowest BCUT2D eigenvalue weighted by atomic mass is 10.2. The van der Waals surface area contributed by atoms with Crippen molar-refractivity contribution in [3.8, 4) is 5.88 Å². The summed E-state index contributed by atoms with van der Waals surface area (Å²) in [6.45, 7) is 5.82. The molecule has 1 atom stereocenters. The van der Waals surface area contributed by atoms with Crippen LogP contribution in [0.2, 0.25) is 5.02 Å². The third-order valence-electron chi connectivity index (χ3n) is 5.21. The van der Waals surface area contributed by atoms with Crippen LogP contribution in [0.25, 0.3) is 11.0 Å². The number of amides is 1. The third kappa shape index (κ3) is 5.01. The van der Waals surface area contributed by atoms with Gasteiger partial charge in [0, 0.05) is 25.5 Å². The summed E-state index contributed by atoms with van der Waals surface area (Å²) in [7, 11) is 0. The van der Waals surface area contributed by atoms with Crippen molar-refractivity contribution in [3.05, 3.63) is 36.3 Å². The van der Waals surface area contributed by atoms with E-state index in [4.69, 9.17) is 16.3 Å². The van der Waals surface area contributed by atoms with Crippen LogP contribution in [0.1, 0.15) is 32.2 Å². The molecule has 3 aromatic rings. The minimum Gasteiger partial charge on any atom is -0.474 e. The number of carbonyl (C=O) groups is 1. The van der Waals surface area contributed by atoms with E-state index in [0.717, 1.165) is 18.5 Å². The van der Waals surface area contributed by atoms with Crippen LogP contribution in [0.4, 0.5) is 16.0 Å². The van der Waals surface area contributed by atoms with Crippen LogP contribution >= 0.6 is 11.6 Å². The number of carbonyl (C=O) groups excluding carboxylic acids is 1. The highest BCUT2D eigenvalue weighted by Crippen LogP contribution is 2.35. The minimum atomic E-state index is -1.29. The second kappa shape index (κ2) is 9.56. The Hall–Kier alpha value is -3.14. The maximum atomic E-state index is 14.5. The van der Waals surface area contributed by atoms with Gasteiger partial charge < -0.3 is 19.9 Å². The molecule has 0 spiro atoms. The quantitative estimate of drug-likeness (QED) is 0.418. The molecule has 1 saturated carbocycles. The first-order valence-corrected chi connectivity index (χ1v) is 10.9. The highest BCUT2D eigenvalue weighted by molar-refractivity contribution is 6.35. The Balaban J connectivity index is 1.44. The van der Waals surface area contributed by atoms with E-state index < -0.39 is 6.17 Å². The smallest absolute Gasteiger partial charge is 0.245 e. The van der Waals surface area contributed by atoms with Crippen LogP contribution in [0.5, 0.6) is 5.88 Å². The highest BCUT2D eigenvalue weighted by atomic mass is 35.5. The summed E-state index contributed by atoms with van der Waals surface area (Å²) in [4.78, 5) is 25.0. The van der Waals surface area contributed by atoms with Crippen molar-refractivity contribution in [3.63, 3.8) is 0 Å². The molecule has 11 heteroatoms. The monoisotopic (exact) mass is 461 g/mol. The van der Waals surface area contributed by atoms with E-state index >= 15 is 0 Å². The number of aromatic nitrogens is 5. The Morgan fingerprint density at radius 3 is 3.06 bits per heavy atom. The van der Waals surface area contributed by atoms with Crippen LogP contribution in [0.3, 0.4) is 0 Å². The van der Waals surface area contributed by atoms with Crippen molar-refractivity contribution in [2.24, 2.45) is 0 Å². The number of hydrogen-bond acceptors (Lipinski definition) is 6. The van der Waals surface area contributed by atoms with Gasteiger partial charge in [0.25, 0.3) is 0 Å². The number of aromatic amines is 1. The lowest BCUT2D eigenvalue weighted by Gasteiger charge is -2.20. The lowest BCUT2D eigenvalue weighted by Crippen LogP contribution is -2.32. The molecule has 1 aliphatic carbocycles. The maximum absolute atomic E-state index is 14.5. The van der Waals surface area contributed by atoms with Gasteiger partial charge in [-0.15, -0.1) is 0 Å². The number of H-pyrrole nitrogens is 1. The molecule has 9 nitrogen and oxygen atoms in total. The molecule has 3 heterocycles. The number of fused-ring (bicyclic) bond motifs is 1. The number of alkyl halides is 1. The predicted octanol–water partition coefficient (Wildman–Crippen LogP) is 4.03. The van der Waals surface area contributed by atoms with Gasteiger partial charge in [0.15, 0.2) is 0 Å². The number of ether oxygens (including phenoxy) is 1. The molecule has 0 saturated heterocycles. The summed E-state index contributed by atoms with van der Waals surface area (Å²) in [6, 6.07) is 0.460. The average molecular weight is 462 g/mol. The number of halogens is 2. The van der Waals surface area contributed by atoms with Crippen molar-refractivity contribution >= 4 is 40.2 Å². The van der Waals surface area contributed by atoms with Crippen LogP contribution in [0.15, 0.2) is 31.2 Å². The van der Waals surface area contributed by atoms with Crippen molar-refractivity contribution in [1.29, 1.82) is 0 Å². The van der Waals surface area contributed by atoms with E-state index in [9.17, 15) is 9.18 Å². The van der Waals surface area contributed by atoms with Gasteiger partial charge in [-0.05, 0) is 32.3 Å². The van der Waals surface area contributed by atoms with Crippen molar-refractivity contribution in [2.75, 3.05) is 25.0 Å². The number of hydrogen-bond donors (Lipinski definition) is 2. The molecule has 32 heavy (non-hydrogen) atoms. The van der Waals surface area contributed by atoms with Crippen molar-refractivity contribution in [2.45, 2.75) is 38.4 Å². The van der Waals surface area contributed by atoms with Crippen LogP contribution < -0.4 is 10.1 Å². The van der Waals surface area contributed by atoms with Crippen LogP contribution in [0, 0.1) is 0 Å². The zero-order valence-electron chi connectivity index (χ0n) is 17.7. The summed E-state index contributed by atoms with van der Waals surface area (Å²) in [6.07, 6.45) is 7.50. The van der Waals surface area contributed by atoms with Crippen LogP contribution in [-0.2, 0) is 4.79 Å². The molecule has 0 aromatic carbocycles. The number of rotatable bonds is 11. The molecule has 1 fully saturated rings. The van der Waals surface area contributed by atoms with E-state index in [0.29, 0.717) is 28.6 Å². The molecule has 170 valence electrons. The van der Waals surface area contributed by atoms with Gasteiger partial charge in [-0.1, -0.05) is 18.2 Å². The summed E-state index contributed by atoms with van der Waals surface area (Å²) in [5.41, 5.74) is 1.22. The van der Waals surface area contributed by atoms with Gasteiger partial charge in [0.05, 0.1) is 28.3 Å². The van der Waals surface area contributed by atoms with Crippen LogP contribution in [-0.4, -0.2) is 61.4 Å². The molecular formula is C21H25ClFN7O2. The molecule has 0 aliphatic heterocycles. The standard InChI is InChI=1S/C21H25ClFN7O2/c1-3-17(31)29(4-2)8-7-13(23)12-32-20-18-16(22)10-24-19(18)27-21(28-20)26-14-9-25-30(11-14)15-5-6-15/h3,9-11,13,15H,1,4-8,12H2,2H3,(H2,24,26,27,28)/t13-/m1/s1. The number of nitrogens with one attached hydrogen (secondary N) is 2. The van der Waals surface area contributed by atoms with Gasteiger partial charge >= 0.3 is 0 Å². The minimum absolute atomic E-state index is 0.133. The summed E-state index contributed by atoms with van der Waals surface area (Å²) in [5.74, 6) is 0.235. The zero-order chi connectivity index (χ0) is 22.7. The first-order chi connectivity index (χ1) is 15.5. The van der Waals surface area contributed by atoms with E-state index in [1.807, 2.05) is 17.8 Å². The van der Waals surface area contributed by atoms with Gasteiger partial charge in [-0.3, -0.25) is 9.48 Å². The molecule has 0 unspecified atom stereocenters. The normalized spacial score (nSPS) is 14.3. The second-order valence-electron chi connectivity index (χ2n) is 7.60. The van der Waals surface area contributed by atoms with Crippen molar-refractivity contribution in [1.82, 2.24) is 29.6 Å². The van der Waals surface area contributed by atoms with Gasteiger partial charge in [-0.25, -0.2) is 4.39 Å². The van der Waals surface area contributed by atoms with E-state index in [2.05, 4.69) is 31.9 Å². The first-order valence-electron chi connectivity index (χ1n) is 10.5. The number of anilines is 2. The zero-order valence-corrected chi connectivity index (χ0v) is 18.5. The fourth-order valence-electron chi connectivity index (χ4n) is 3.30. The van der Waals surface area contributed by atoms with E-state index in [-0.39, 0.29) is 37.3 Å². The summed E-state index contributed by atoms with van der Waals surface area (Å²) >= 11 is 6.25. The third-order valence-corrected chi connectivity index (χ3v) is 5.51. The van der Waals surface area contributed by atoms with Gasteiger partial charge in [0.1, 0.15) is 18.4 Å². The Morgan fingerprint density at radius 1 is 1.53 bits per heavy atom. The maximum Gasteiger partial charge on any atom is 0.245 e. The Kier molecular flexibility index (Phi) is 6.59. The topological polar surface area (TPSA) is 101 Å². The number of nitrogens with zero attached hydrogens (tertiary/aromatic N) is 5. The first kappa shape index (κ1) is 22.1. The number of likely N-dealkylation sites (N-methyl/N-ethyl adjacent to an activating group) is 1. The molecule has 3 aromatic heterocycles. The Bertz CT molecular complexity index is 1110. The summed E-state index contributed by atoms with van der Waals surface area (Å²) in [5, 5.41) is 8.31. The molecule has 0 radical (unpaired) electrons. The van der Waals surface area contributed by atoms with E-state index in [1.54, 1.807) is 12.4 Å². The molecular weight excluding hydrogens is 437 g/mol. The fourth-order valence-corrected chi connectivity index (χ4v) is 3.52. The van der Waals surface area contributed by atoms with Gasteiger partial charge in [-0.2, -0.15) is 15.1 Å². The SMILES string of the molecule is C=CC(=O)N(CC)CC[C@@H](F)COc1nc(Nc2cnn(C3CC3)c2)nc2[nH]cc(Cl)c12. The second-order valence-corrected chi connectivity index (χ2v) is 8.00. The molecule has 1 aliphatic rings. The van der Waals surface area contributed by atoms with Gasteiger partial charge in [0.2, 0.25) is 17.7 Å². The average Bonchev–Trinajstić information content (AvgIpc) is 3.43. The lowest BCUT2D eigenvalue weighted by molar-refractivity contribution is -0.126. The summed E-state index contributed by atoms with van der Waals surface area (Å²) < 4.78 is 22.1. The highest BCUT2D eigenvalue weighted by Gasteiger charge is 2.24. The Morgan fingerprint density at radius 2 is 2.34 bits per heavy atom. The fraction of sp³-hybridized carbons (Fsp3) is 0.429. The predicted molar refractivity (Wildman–Crippen MR) is 120 cm³/mol. The molecule has 4 rings (SSSR count). The largest absolute Gasteiger partial charge is 0.474 e. The molecule has 0 bridgehead atoms.